The summed E-state index contributed by atoms with van der Waals surface area (Å²) in [5.74, 6) is -1.74. The van der Waals surface area contributed by atoms with Gasteiger partial charge in [0.05, 0.1) is 23.5 Å². The van der Waals surface area contributed by atoms with Crippen molar-refractivity contribution in [3.8, 4) is 0 Å². The maximum Gasteiger partial charge on any atom is 0.303 e. The van der Waals surface area contributed by atoms with Crippen LogP contribution >= 0.6 is 0 Å². The minimum absolute atomic E-state index is 0.0186. The maximum atomic E-state index is 13.8. The average molecular weight is 517 g/mol. The van der Waals surface area contributed by atoms with Crippen molar-refractivity contribution in [1.82, 2.24) is 4.90 Å². The molecule has 1 aliphatic heterocycles. The number of nitrogens with one attached hydrogen (secondary N) is 2. The van der Waals surface area contributed by atoms with Crippen molar-refractivity contribution >= 4 is 46.1 Å². The van der Waals surface area contributed by atoms with Gasteiger partial charge in [-0.1, -0.05) is 24.3 Å². The van der Waals surface area contributed by atoms with Gasteiger partial charge >= 0.3 is 5.97 Å². The number of likely N-dealkylation sites (N-methyl/N-ethyl adjacent to an activating group) is 2. The molecule has 3 N–H and O–H groups in total. The van der Waals surface area contributed by atoms with Crippen LogP contribution in [0.4, 0.5) is 21.5 Å². The number of hydrogen-bond donors (Lipinski definition) is 3. The van der Waals surface area contributed by atoms with Crippen LogP contribution < -0.4 is 15.5 Å². The highest BCUT2D eigenvalue weighted by Crippen LogP contribution is 2.38. The fourth-order valence-corrected chi connectivity index (χ4v) is 4.19. The molecule has 0 spiro atoms. The first kappa shape index (κ1) is 26.6. The fourth-order valence-electron chi connectivity index (χ4n) is 4.19. The van der Waals surface area contributed by atoms with E-state index in [0.717, 1.165) is 11.3 Å². The monoisotopic (exact) mass is 516 g/mol. The lowest BCUT2D eigenvalue weighted by atomic mass is 9.98. The number of carboxylic acids is 1. The second kappa shape index (κ2) is 11.3. The Balaban J connectivity index is 1.70. The second-order valence-electron chi connectivity index (χ2n) is 9.35. The molecule has 2 amide bonds. The van der Waals surface area contributed by atoms with Gasteiger partial charge in [-0.2, -0.15) is 0 Å². The topological polar surface area (TPSA) is 102 Å². The number of nitrogens with zero attached hydrogens (tertiary/aromatic N) is 2. The van der Waals surface area contributed by atoms with Crippen LogP contribution in [0.2, 0.25) is 0 Å². The summed E-state index contributed by atoms with van der Waals surface area (Å²) in [4.78, 5) is 39.8. The molecule has 0 aliphatic carbocycles. The van der Waals surface area contributed by atoms with Gasteiger partial charge in [-0.15, -0.1) is 0 Å². The van der Waals surface area contributed by atoms with Crippen LogP contribution in [0.3, 0.4) is 0 Å². The van der Waals surface area contributed by atoms with E-state index < -0.39 is 11.8 Å². The van der Waals surface area contributed by atoms with Crippen LogP contribution in [0.25, 0.3) is 11.3 Å². The molecule has 0 aromatic heterocycles. The van der Waals surface area contributed by atoms with Crippen molar-refractivity contribution < 1.29 is 23.9 Å². The van der Waals surface area contributed by atoms with Gasteiger partial charge < -0.3 is 25.5 Å². The Kier molecular flexibility index (Phi) is 7.87. The third-order valence-electron chi connectivity index (χ3n) is 6.20. The molecule has 0 bridgehead atoms. The molecule has 0 unspecified atom stereocenters. The number of aliphatic carboxylic acids is 1. The van der Waals surface area contributed by atoms with E-state index in [-0.39, 0.29) is 24.8 Å². The number of hydrogen-bond acceptors (Lipinski definition) is 5. The van der Waals surface area contributed by atoms with E-state index in [1.54, 1.807) is 22.9 Å². The van der Waals surface area contributed by atoms with Gasteiger partial charge in [0.15, 0.2) is 0 Å². The van der Waals surface area contributed by atoms with Gasteiger partial charge in [0.2, 0.25) is 5.91 Å². The minimum Gasteiger partial charge on any atom is -0.481 e. The molecular weight excluding hydrogens is 487 g/mol. The molecule has 0 fully saturated rings. The third kappa shape index (κ3) is 6.07. The molecule has 0 saturated heterocycles. The SMILES string of the molecule is CN(C)CC(=O)N(C)c1ccc(N/C(=C2\C(=O)Nc3cc(F)ccc32)c2ccc(CCC(=O)O)cc2)cc1. The lowest BCUT2D eigenvalue weighted by Crippen LogP contribution is -2.34. The highest BCUT2D eigenvalue weighted by Gasteiger charge is 2.29. The quantitative estimate of drug-likeness (QED) is 0.367. The van der Waals surface area contributed by atoms with Crippen LogP contribution in [0, 0.1) is 5.82 Å². The van der Waals surface area contributed by atoms with E-state index >= 15 is 0 Å². The van der Waals surface area contributed by atoms with Crippen molar-refractivity contribution in [3.05, 3.63) is 89.2 Å². The first-order valence-corrected chi connectivity index (χ1v) is 12.1. The minimum atomic E-state index is -0.873. The van der Waals surface area contributed by atoms with Gasteiger partial charge in [-0.25, -0.2) is 4.39 Å². The Morgan fingerprint density at radius 2 is 1.66 bits per heavy atom. The summed E-state index contributed by atoms with van der Waals surface area (Å²) in [6.07, 6.45) is 0.407. The Morgan fingerprint density at radius 1 is 0.974 bits per heavy atom. The van der Waals surface area contributed by atoms with Crippen LogP contribution in [-0.4, -0.2) is 55.5 Å². The molecule has 1 aliphatic rings. The zero-order valence-electron chi connectivity index (χ0n) is 21.4. The number of carboxylic acid groups (broad SMARTS) is 1. The second-order valence-corrected chi connectivity index (χ2v) is 9.35. The van der Waals surface area contributed by atoms with Crippen LogP contribution in [0.5, 0.6) is 0 Å². The maximum absolute atomic E-state index is 13.8. The number of aryl methyl sites for hydroxylation is 1. The van der Waals surface area contributed by atoms with E-state index in [0.29, 0.717) is 40.2 Å². The number of amides is 2. The van der Waals surface area contributed by atoms with E-state index in [2.05, 4.69) is 10.6 Å². The number of anilines is 3. The van der Waals surface area contributed by atoms with Crippen molar-refractivity contribution in [2.24, 2.45) is 0 Å². The summed E-state index contributed by atoms with van der Waals surface area (Å²) >= 11 is 0. The summed E-state index contributed by atoms with van der Waals surface area (Å²) < 4.78 is 13.8. The number of fused-ring (bicyclic) bond motifs is 1. The number of carbonyl (C=O) groups excluding carboxylic acids is 2. The van der Waals surface area contributed by atoms with E-state index in [1.807, 2.05) is 62.6 Å². The summed E-state index contributed by atoms with van der Waals surface area (Å²) in [7, 11) is 5.38. The first-order chi connectivity index (χ1) is 18.1. The van der Waals surface area contributed by atoms with Crippen molar-refractivity contribution in [3.63, 3.8) is 0 Å². The predicted octanol–water partition coefficient (Wildman–Crippen LogP) is 4.30. The molecule has 4 rings (SSSR count). The highest BCUT2D eigenvalue weighted by atomic mass is 19.1. The third-order valence-corrected chi connectivity index (χ3v) is 6.20. The van der Waals surface area contributed by atoms with Crippen LogP contribution in [0.1, 0.15) is 23.1 Å². The molecule has 0 atom stereocenters. The number of benzene rings is 3. The summed E-state index contributed by atoms with van der Waals surface area (Å²) in [5.41, 5.74) is 4.80. The lowest BCUT2D eigenvalue weighted by Gasteiger charge is -2.20. The molecule has 8 nitrogen and oxygen atoms in total. The van der Waals surface area contributed by atoms with Gasteiger partial charge in [-0.05, 0) is 74.1 Å². The van der Waals surface area contributed by atoms with Gasteiger partial charge in [-0.3, -0.25) is 14.4 Å². The average Bonchev–Trinajstić information content (AvgIpc) is 3.20. The molecule has 38 heavy (non-hydrogen) atoms. The van der Waals surface area contributed by atoms with Gasteiger partial charge in [0.1, 0.15) is 5.82 Å². The lowest BCUT2D eigenvalue weighted by molar-refractivity contribution is -0.137. The molecule has 196 valence electrons. The highest BCUT2D eigenvalue weighted by molar-refractivity contribution is 6.37. The smallest absolute Gasteiger partial charge is 0.303 e. The Labute approximate surface area is 220 Å². The molecular formula is C29H29FN4O4. The molecule has 0 radical (unpaired) electrons. The largest absolute Gasteiger partial charge is 0.481 e. The van der Waals surface area contributed by atoms with Gasteiger partial charge in [0, 0.05) is 30.4 Å². The zero-order chi connectivity index (χ0) is 27.4. The zero-order valence-corrected chi connectivity index (χ0v) is 21.4. The van der Waals surface area contributed by atoms with Crippen molar-refractivity contribution in [2.45, 2.75) is 12.8 Å². The molecule has 3 aromatic rings. The molecule has 1 heterocycles. The van der Waals surface area contributed by atoms with Crippen molar-refractivity contribution in [1.29, 1.82) is 0 Å². The summed E-state index contributed by atoms with van der Waals surface area (Å²) in [5, 5.41) is 15.0. The van der Waals surface area contributed by atoms with Crippen LogP contribution in [0.15, 0.2) is 66.7 Å². The molecule has 3 aromatic carbocycles. The predicted molar refractivity (Wildman–Crippen MR) is 146 cm³/mol. The van der Waals surface area contributed by atoms with E-state index in [9.17, 15) is 18.8 Å². The summed E-state index contributed by atoms with van der Waals surface area (Å²) in [6.45, 7) is 0.282. The number of rotatable bonds is 9. The normalized spacial score (nSPS) is 13.7. The Morgan fingerprint density at radius 3 is 2.29 bits per heavy atom. The Bertz CT molecular complexity index is 1400. The summed E-state index contributed by atoms with van der Waals surface area (Å²) in [6, 6.07) is 18.7. The van der Waals surface area contributed by atoms with E-state index in [4.69, 9.17) is 5.11 Å². The van der Waals surface area contributed by atoms with E-state index in [1.165, 1.54) is 12.1 Å². The van der Waals surface area contributed by atoms with Gasteiger partial charge in [0.25, 0.3) is 5.91 Å². The van der Waals surface area contributed by atoms with Crippen molar-refractivity contribution in [2.75, 3.05) is 43.2 Å². The molecule has 0 saturated carbocycles. The number of carbonyl (C=O) groups is 3. The standard InChI is InChI=1S/C29H29FN4O4/c1-33(2)17-25(35)34(3)22-12-10-21(11-13-22)31-28(19-7-4-18(5-8-19)6-15-26(36)37)27-23-14-9-20(30)16-24(23)32-29(27)38/h4-5,7-14,16,31H,6,15,17H2,1-3H3,(H,32,38)(H,36,37)/b28-27-. The molecule has 9 heteroatoms. The first-order valence-electron chi connectivity index (χ1n) is 12.1. The Hall–Kier alpha value is -4.50. The van der Waals surface area contributed by atoms with Crippen LogP contribution in [-0.2, 0) is 20.8 Å². The number of halogens is 1. The fraction of sp³-hybridized carbons (Fsp3) is 0.207.